The summed E-state index contributed by atoms with van der Waals surface area (Å²) in [5.41, 5.74) is -0.107. The second-order valence-corrected chi connectivity index (χ2v) is 8.35. The number of ether oxygens (including phenoxy) is 1. The Bertz CT molecular complexity index is 834. The highest BCUT2D eigenvalue weighted by atomic mass is 32.1. The van der Waals surface area contributed by atoms with Crippen molar-refractivity contribution in [3.63, 3.8) is 0 Å². The summed E-state index contributed by atoms with van der Waals surface area (Å²) in [5.74, 6) is -3.79. The maximum atomic E-state index is 14.1. The fourth-order valence-electron chi connectivity index (χ4n) is 4.09. The van der Waals surface area contributed by atoms with Crippen molar-refractivity contribution in [2.45, 2.75) is 44.3 Å². The highest BCUT2D eigenvalue weighted by Crippen LogP contribution is 2.32. The molecular weight excluding hydrogens is 389 g/mol. The van der Waals surface area contributed by atoms with E-state index in [1.807, 2.05) is 0 Å². The number of benzene rings is 1. The van der Waals surface area contributed by atoms with Gasteiger partial charge in [-0.1, -0.05) is 6.07 Å². The molecule has 0 aliphatic carbocycles. The first-order valence-electron chi connectivity index (χ1n) is 9.37. The molecule has 2 aliphatic rings. The molecule has 2 aliphatic heterocycles. The van der Waals surface area contributed by atoms with Crippen LogP contribution in [0.4, 0.5) is 23.0 Å². The zero-order valence-electron chi connectivity index (χ0n) is 15.2. The van der Waals surface area contributed by atoms with Gasteiger partial charge in [-0.25, -0.2) is 18.0 Å². The maximum Gasteiger partial charge on any atom is 0.415 e. The summed E-state index contributed by atoms with van der Waals surface area (Å²) in [7, 11) is 0. The van der Waals surface area contributed by atoms with E-state index in [2.05, 4.69) is 5.32 Å². The molecule has 1 amide bonds. The van der Waals surface area contributed by atoms with Crippen LogP contribution in [0, 0.1) is 23.4 Å². The molecule has 0 saturated carbocycles. The zero-order chi connectivity index (χ0) is 19.7. The number of amides is 1. The van der Waals surface area contributed by atoms with E-state index in [0.717, 1.165) is 37.8 Å². The van der Waals surface area contributed by atoms with Crippen molar-refractivity contribution >= 4 is 22.4 Å². The molecule has 1 N–H and O–H groups in total. The molecule has 3 atom stereocenters. The number of hydrogen-bond donors (Lipinski definition) is 1. The second-order valence-electron chi connectivity index (χ2n) is 7.42. The van der Waals surface area contributed by atoms with Gasteiger partial charge in [-0.15, -0.1) is 11.3 Å². The number of halogens is 3. The van der Waals surface area contributed by atoms with Gasteiger partial charge >= 0.3 is 6.09 Å². The van der Waals surface area contributed by atoms with Crippen molar-refractivity contribution in [2.24, 2.45) is 5.92 Å². The van der Waals surface area contributed by atoms with E-state index < -0.39 is 23.5 Å². The van der Waals surface area contributed by atoms with Crippen LogP contribution in [0.1, 0.15) is 31.2 Å². The van der Waals surface area contributed by atoms with Gasteiger partial charge in [-0.05, 0) is 55.2 Å². The Morgan fingerprint density at radius 3 is 2.57 bits per heavy atom. The van der Waals surface area contributed by atoms with Gasteiger partial charge < -0.3 is 10.1 Å². The number of carbonyl (C=O) groups is 1. The van der Waals surface area contributed by atoms with Crippen molar-refractivity contribution in [3.05, 3.63) is 52.7 Å². The normalized spacial score (nSPS) is 23.6. The van der Waals surface area contributed by atoms with Gasteiger partial charge in [0.1, 0.15) is 5.00 Å². The number of anilines is 1. The molecule has 4 nitrogen and oxygen atoms in total. The third kappa shape index (κ3) is 4.03. The van der Waals surface area contributed by atoms with Gasteiger partial charge in [0, 0.05) is 17.6 Å². The Morgan fingerprint density at radius 1 is 1.14 bits per heavy atom. The van der Waals surface area contributed by atoms with Crippen LogP contribution in [0.25, 0.3) is 0 Å². The molecule has 1 aromatic heterocycles. The minimum absolute atomic E-state index is 0.107. The predicted molar refractivity (Wildman–Crippen MR) is 101 cm³/mol. The van der Waals surface area contributed by atoms with Crippen LogP contribution in [0.5, 0.6) is 0 Å². The Morgan fingerprint density at radius 2 is 1.89 bits per heavy atom. The maximum absolute atomic E-state index is 14.1. The molecule has 2 saturated heterocycles. The Balaban J connectivity index is 1.45. The number of nitrogens with zero attached hydrogens (tertiary/aromatic N) is 1. The van der Waals surface area contributed by atoms with Crippen molar-refractivity contribution in [2.75, 3.05) is 11.5 Å². The molecule has 1 aromatic carbocycles. The summed E-state index contributed by atoms with van der Waals surface area (Å²) >= 11 is 1.29. The van der Waals surface area contributed by atoms with Gasteiger partial charge in [0.25, 0.3) is 0 Å². The van der Waals surface area contributed by atoms with E-state index in [1.54, 1.807) is 17.5 Å². The molecule has 150 valence electrons. The first-order chi connectivity index (χ1) is 13.5. The van der Waals surface area contributed by atoms with Gasteiger partial charge in [-0.3, -0.25) is 4.90 Å². The van der Waals surface area contributed by atoms with E-state index in [-0.39, 0.29) is 12.1 Å². The minimum atomic E-state index is -1.54. The van der Waals surface area contributed by atoms with Crippen LogP contribution in [-0.2, 0) is 11.3 Å². The number of thiophene rings is 1. The number of carbonyl (C=O) groups excluding carboxylic acids is 1. The fourth-order valence-corrected chi connectivity index (χ4v) is 4.81. The molecule has 2 bridgehead atoms. The molecule has 28 heavy (non-hydrogen) atoms. The van der Waals surface area contributed by atoms with Crippen molar-refractivity contribution in [1.82, 2.24) is 5.32 Å². The summed E-state index contributed by atoms with van der Waals surface area (Å²) < 4.78 is 46.4. The van der Waals surface area contributed by atoms with Gasteiger partial charge in [0.05, 0.1) is 13.2 Å². The van der Waals surface area contributed by atoms with Crippen LogP contribution in [0.2, 0.25) is 0 Å². The monoisotopic (exact) mass is 410 g/mol. The van der Waals surface area contributed by atoms with Gasteiger partial charge in [0.2, 0.25) is 0 Å². The lowest BCUT2D eigenvalue weighted by Crippen LogP contribution is -2.40. The van der Waals surface area contributed by atoms with E-state index in [1.165, 1.54) is 16.2 Å². The highest BCUT2D eigenvalue weighted by Gasteiger charge is 2.34. The molecule has 0 spiro atoms. The smallest absolute Gasteiger partial charge is 0.415 e. The average Bonchev–Trinajstić information content (AvgIpc) is 3.33. The molecule has 0 radical (unpaired) electrons. The second kappa shape index (κ2) is 8.13. The topological polar surface area (TPSA) is 41.6 Å². The lowest BCUT2D eigenvalue weighted by Gasteiger charge is -2.29. The number of hydrogen-bond acceptors (Lipinski definition) is 4. The number of rotatable bonds is 5. The molecule has 8 heteroatoms. The molecule has 1 unspecified atom stereocenters. The predicted octanol–water partition coefficient (Wildman–Crippen LogP) is 4.84. The largest absolute Gasteiger partial charge is 0.449 e. The summed E-state index contributed by atoms with van der Waals surface area (Å²) in [6.45, 7) is 0.0650. The molecule has 3 heterocycles. The summed E-state index contributed by atoms with van der Waals surface area (Å²) in [5, 5.41) is 5.88. The Kier molecular flexibility index (Phi) is 5.59. The quantitative estimate of drug-likeness (QED) is 0.718. The third-order valence-corrected chi connectivity index (χ3v) is 6.34. The van der Waals surface area contributed by atoms with Crippen molar-refractivity contribution in [1.29, 1.82) is 0 Å². The number of fused-ring (bicyclic) bond motifs is 2. The van der Waals surface area contributed by atoms with Gasteiger partial charge in [-0.2, -0.15) is 0 Å². The number of nitrogens with one attached hydrogen (secondary N) is 1. The lowest BCUT2D eigenvalue weighted by molar-refractivity contribution is 0.116. The number of piperidine rings is 1. The van der Waals surface area contributed by atoms with Gasteiger partial charge in [0.15, 0.2) is 17.5 Å². The van der Waals surface area contributed by atoms with Crippen LogP contribution >= 0.6 is 11.3 Å². The molecule has 2 aromatic rings. The molecular formula is C20H21F3N2O2S. The van der Waals surface area contributed by atoms with E-state index in [9.17, 15) is 18.0 Å². The minimum Gasteiger partial charge on any atom is -0.449 e. The lowest BCUT2D eigenvalue weighted by atomic mass is 9.93. The zero-order valence-corrected chi connectivity index (χ0v) is 16.0. The van der Waals surface area contributed by atoms with Crippen LogP contribution in [0.3, 0.4) is 0 Å². The first-order valence-corrected chi connectivity index (χ1v) is 10.3. The van der Waals surface area contributed by atoms with Crippen LogP contribution in [0.15, 0.2) is 29.6 Å². The Labute approximate surface area is 165 Å². The molecule has 4 rings (SSSR count). The highest BCUT2D eigenvalue weighted by molar-refractivity contribution is 7.14. The third-order valence-electron chi connectivity index (χ3n) is 5.45. The van der Waals surface area contributed by atoms with Crippen LogP contribution in [-0.4, -0.2) is 24.8 Å². The average molecular weight is 410 g/mol. The van der Waals surface area contributed by atoms with Crippen molar-refractivity contribution in [3.8, 4) is 0 Å². The SMILES string of the molecule is O=C(OCC1C[C@H]2CC[C@@H](C1)N2)N(Cc1ccc(F)c(F)c1F)c1cccs1. The van der Waals surface area contributed by atoms with E-state index in [4.69, 9.17) is 4.74 Å². The standard InChI is InChI=1S/C20H21F3N2O2S/c21-16-6-3-13(18(22)19(16)23)10-25(17-2-1-7-28-17)20(26)27-11-12-8-14-4-5-15(9-12)24-14/h1-3,6-7,12,14-15,24H,4-5,8-11H2/t12?,14-,15+. The summed E-state index contributed by atoms with van der Waals surface area (Å²) in [4.78, 5) is 14.0. The first kappa shape index (κ1) is 19.3. The Hall–Kier alpha value is -2.06. The summed E-state index contributed by atoms with van der Waals surface area (Å²) in [6, 6.07) is 6.45. The van der Waals surface area contributed by atoms with Crippen LogP contribution < -0.4 is 10.2 Å². The summed E-state index contributed by atoms with van der Waals surface area (Å²) in [6.07, 6.45) is 3.65. The van der Waals surface area contributed by atoms with E-state index in [0.29, 0.717) is 29.6 Å². The fraction of sp³-hybridized carbons (Fsp3) is 0.450. The van der Waals surface area contributed by atoms with Crippen molar-refractivity contribution < 1.29 is 22.7 Å². The molecule has 2 fully saturated rings. The van der Waals surface area contributed by atoms with E-state index >= 15 is 0 Å².